The highest BCUT2D eigenvalue weighted by atomic mass is 16.5. The van der Waals surface area contributed by atoms with Crippen molar-refractivity contribution >= 4 is 5.78 Å². The molecule has 0 unspecified atom stereocenters. The molecule has 37 heavy (non-hydrogen) atoms. The predicted molar refractivity (Wildman–Crippen MR) is 147 cm³/mol. The highest BCUT2D eigenvalue weighted by Gasteiger charge is 2.74. The molecule has 6 rings (SSSR count). The molecule has 2 spiro atoms. The van der Waals surface area contributed by atoms with Crippen molar-refractivity contribution < 1.29 is 19.1 Å². The third-order valence-electron chi connectivity index (χ3n) is 11.4. The highest BCUT2D eigenvalue weighted by Crippen LogP contribution is 2.64. The second kappa shape index (κ2) is 10.8. The average molecular weight is 512 g/mol. The van der Waals surface area contributed by atoms with E-state index in [2.05, 4.69) is 16.8 Å². The average Bonchev–Trinajstić information content (AvgIpc) is 3.37. The Labute approximate surface area is 224 Å². The summed E-state index contributed by atoms with van der Waals surface area (Å²) in [6.45, 7) is 3.03. The summed E-state index contributed by atoms with van der Waals surface area (Å²) in [7, 11) is 1.91. The van der Waals surface area contributed by atoms with Gasteiger partial charge in [0.05, 0.1) is 30.6 Å². The van der Waals surface area contributed by atoms with Crippen molar-refractivity contribution in [2.45, 2.75) is 140 Å². The first kappa shape index (κ1) is 26.1. The standard InChI is InChI=1S/C32H51N2O3/c1-37-31-25-22-32-18-13-9-5-2-3-6-10-14-19-33-20-17-24(25)28(33)30(36)27(32)29-26(35)16-12-8-4-7-11-15-21-34(29,31)23-32/h17,20,25-27,29,31,35H,2-16,18-19,21-23H2,1H3/q+1/t25-,26-,27+,29-,31+,32+,34-/m1/s1. The van der Waals surface area contributed by atoms with Gasteiger partial charge in [-0.15, -0.1) is 0 Å². The number of aryl methyl sites for hydroxylation is 1. The predicted octanol–water partition coefficient (Wildman–Crippen LogP) is 6.58. The van der Waals surface area contributed by atoms with Crippen LogP contribution in [0.3, 0.4) is 0 Å². The Morgan fingerprint density at radius 2 is 1.62 bits per heavy atom. The van der Waals surface area contributed by atoms with Crippen LogP contribution in [-0.4, -0.2) is 58.5 Å². The second-order valence-electron chi connectivity index (χ2n) is 13.5. The summed E-state index contributed by atoms with van der Waals surface area (Å²) in [5.41, 5.74) is 2.24. The third-order valence-corrected chi connectivity index (χ3v) is 11.4. The minimum Gasteiger partial charge on any atom is -0.387 e. The molecule has 1 N–H and O–H groups in total. The van der Waals surface area contributed by atoms with Gasteiger partial charge in [-0.1, -0.05) is 70.6 Å². The number of aromatic nitrogens is 1. The summed E-state index contributed by atoms with van der Waals surface area (Å²) in [6.07, 6.45) is 22.4. The van der Waals surface area contributed by atoms with E-state index >= 15 is 0 Å². The first-order valence-electron chi connectivity index (χ1n) is 15.9. The number of nitrogens with zero attached hydrogens (tertiary/aromatic N) is 2. The van der Waals surface area contributed by atoms with Gasteiger partial charge in [0, 0.05) is 25.3 Å². The Hall–Kier alpha value is -1.17. The van der Waals surface area contributed by atoms with Crippen LogP contribution in [0.25, 0.3) is 0 Å². The van der Waals surface area contributed by atoms with Crippen LogP contribution in [0.15, 0.2) is 12.3 Å². The Bertz CT molecular complexity index is 958. The van der Waals surface area contributed by atoms with Gasteiger partial charge in [-0.3, -0.25) is 9.28 Å². The fourth-order valence-electron chi connectivity index (χ4n) is 9.99. The van der Waals surface area contributed by atoms with Gasteiger partial charge in [0.2, 0.25) is 0 Å². The molecule has 0 radical (unpaired) electrons. The number of ketones is 1. The summed E-state index contributed by atoms with van der Waals surface area (Å²) in [5.74, 6) is 0.538. The van der Waals surface area contributed by atoms with Crippen LogP contribution in [0.1, 0.15) is 131 Å². The maximum Gasteiger partial charge on any atom is 0.200 e. The number of carbonyl (C=O) groups is 1. The molecule has 1 aromatic heterocycles. The minimum atomic E-state index is -0.419. The van der Waals surface area contributed by atoms with E-state index in [4.69, 9.17) is 4.74 Å². The van der Waals surface area contributed by atoms with Gasteiger partial charge >= 0.3 is 0 Å². The normalized spacial score (nSPS) is 41.4. The number of aliphatic hydroxyl groups excluding tert-OH is 1. The molecule has 7 atom stereocenters. The van der Waals surface area contributed by atoms with E-state index in [1.54, 1.807) is 0 Å². The highest BCUT2D eigenvalue weighted by molar-refractivity contribution is 6.00. The van der Waals surface area contributed by atoms with E-state index in [1.807, 2.05) is 7.11 Å². The number of piperidine rings is 1. The van der Waals surface area contributed by atoms with Gasteiger partial charge in [0.25, 0.3) is 0 Å². The van der Waals surface area contributed by atoms with Crippen molar-refractivity contribution in [1.29, 1.82) is 0 Å². The number of hydrogen-bond donors (Lipinski definition) is 1. The molecule has 3 fully saturated rings. The lowest BCUT2D eigenvalue weighted by Crippen LogP contribution is -2.67. The molecule has 5 nitrogen and oxygen atoms in total. The lowest BCUT2D eigenvalue weighted by Gasteiger charge is -2.53. The lowest BCUT2D eigenvalue weighted by atomic mass is 9.65. The fraction of sp³-hybridized carbons (Fsp3) is 0.844. The number of rotatable bonds is 1. The molecule has 0 aromatic carbocycles. The van der Waals surface area contributed by atoms with Gasteiger partial charge in [-0.25, -0.2) is 0 Å². The summed E-state index contributed by atoms with van der Waals surface area (Å²) < 4.78 is 9.68. The van der Waals surface area contributed by atoms with Crippen LogP contribution in [0, 0.1) is 11.3 Å². The van der Waals surface area contributed by atoms with Gasteiger partial charge in [-0.05, 0) is 50.2 Å². The molecule has 5 aliphatic rings. The van der Waals surface area contributed by atoms with Gasteiger partial charge in [0.1, 0.15) is 12.1 Å². The van der Waals surface area contributed by atoms with E-state index in [0.717, 1.165) is 61.9 Å². The van der Waals surface area contributed by atoms with Crippen LogP contribution >= 0.6 is 0 Å². The first-order valence-corrected chi connectivity index (χ1v) is 15.9. The zero-order valence-corrected chi connectivity index (χ0v) is 23.3. The second-order valence-corrected chi connectivity index (χ2v) is 13.5. The van der Waals surface area contributed by atoms with E-state index in [0.29, 0.717) is 5.78 Å². The van der Waals surface area contributed by atoms with Crippen molar-refractivity contribution in [3.8, 4) is 0 Å². The topological polar surface area (TPSA) is 51.5 Å². The van der Waals surface area contributed by atoms with Crippen molar-refractivity contribution in [2.24, 2.45) is 11.3 Å². The van der Waals surface area contributed by atoms with Crippen molar-refractivity contribution in [3.05, 3.63) is 23.5 Å². The zero-order valence-electron chi connectivity index (χ0n) is 23.3. The van der Waals surface area contributed by atoms with Crippen molar-refractivity contribution in [3.63, 3.8) is 0 Å². The Morgan fingerprint density at radius 3 is 2.38 bits per heavy atom. The monoisotopic (exact) mass is 511 g/mol. The molecular weight excluding hydrogens is 460 g/mol. The largest absolute Gasteiger partial charge is 0.387 e. The van der Waals surface area contributed by atoms with Crippen LogP contribution < -0.4 is 0 Å². The molecule has 5 heteroatoms. The number of carbonyl (C=O) groups excluding carboxylic acids is 1. The van der Waals surface area contributed by atoms with E-state index < -0.39 is 6.10 Å². The third kappa shape index (κ3) is 4.36. The maximum absolute atomic E-state index is 14.9. The van der Waals surface area contributed by atoms with E-state index in [9.17, 15) is 9.90 Å². The molecule has 5 heterocycles. The minimum absolute atomic E-state index is 0.00340. The quantitative estimate of drug-likeness (QED) is 0.434. The molecule has 4 aliphatic heterocycles. The zero-order chi connectivity index (χ0) is 25.5. The molecule has 0 saturated carbocycles. The van der Waals surface area contributed by atoms with Crippen LogP contribution in [0.5, 0.6) is 0 Å². The van der Waals surface area contributed by atoms with Crippen LogP contribution in [0.4, 0.5) is 0 Å². The van der Waals surface area contributed by atoms with Crippen LogP contribution in [0.2, 0.25) is 0 Å². The number of hydrogen-bond acceptors (Lipinski definition) is 3. The Kier molecular flexibility index (Phi) is 7.59. The summed E-state index contributed by atoms with van der Waals surface area (Å²) in [4.78, 5) is 14.9. The number of fused-ring (bicyclic) bond motifs is 2. The molecule has 1 aromatic rings. The number of aliphatic hydroxyl groups is 1. The Balaban J connectivity index is 1.50. The Morgan fingerprint density at radius 1 is 0.946 bits per heavy atom. The molecule has 0 amide bonds. The van der Waals surface area contributed by atoms with Gasteiger partial charge in [0.15, 0.2) is 12.0 Å². The number of Topliss-reactive ketones (excluding diaryl/α,β-unsaturated/α-hetero) is 1. The molecule has 4 bridgehead atoms. The summed E-state index contributed by atoms with van der Waals surface area (Å²) >= 11 is 0. The molecule has 3 saturated heterocycles. The molecule has 1 aliphatic carbocycles. The van der Waals surface area contributed by atoms with Crippen LogP contribution in [-0.2, 0) is 11.3 Å². The smallest absolute Gasteiger partial charge is 0.200 e. The molecule has 206 valence electrons. The lowest BCUT2D eigenvalue weighted by molar-refractivity contribution is -0.993. The maximum atomic E-state index is 14.9. The van der Waals surface area contributed by atoms with Gasteiger partial charge < -0.3 is 14.4 Å². The summed E-state index contributed by atoms with van der Waals surface area (Å²) in [6, 6.07) is 2.26. The summed E-state index contributed by atoms with van der Waals surface area (Å²) in [5, 5.41) is 12.0. The van der Waals surface area contributed by atoms with E-state index in [1.165, 1.54) is 82.6 Å². The number of methoxy groups -OCH3 is 1. The fourth-order valence-corrected chi connectivity index (χ4v) is 9.99. The van der Waals surface area contributed by atoms with Crippen molar-refractivity contribution in [1.82, 2.24) is 4.57 Å². The van der Waals surface area contributed by atoms with E-state index in [-0.39, 0.29) is 29.5 Å². The number of quaternary nitrogens is 1. The first-order chi connectivity index (χ1) is 18.1. The number of ether oxygens (including phenoxy) is 1. The molecular formula is C32H51N2O3+. The van der Waals surface area contributed by atoms with Crippen molar-refractivity contribution in [2.75, 3.05) is 20.2 Å². The van der Waals surface area contributed by atoms with Gasteiger partial charge in [-0.2, -0.15) is 0 Å². The SMILES string of the molecule is CO[C@H]1[C@@H]2C[C@]34CCCCCCCCCCn5ccc2c5C(=O)[C@@H]3[C@H]2[C@H](O)CCCCCCCC[N@@+]21C4.